The van der Waals surface area contributed by atoms with Gasteiger partial charge in [0.25, 0.3) is 0 Å². The van der Waals surface area contributed by atoms with Crippen molar-refractivity contribution in [2.24, 2.45) is 0 Å². The van der Waals surface area contributed by atoms with Gasteiger partial charge >= 0.3 is 0 Å². The lowest BCUT2D eigenvalue weighted by Gasteiger charge is -2.33. The highest BCUT2D eigenvalue weighted by molar-refractivity contribution is 7.91. The van der Waals surface area contributed by atoms with E-state index in [-0.39, 0.29) is 25.4 Å². The van der Waals surface area contributed by atoms with Gasteiger partial charge < -0.3 is 19.5 Å². The summed E-state index contributed by atoms with van der Waals surface area (Å²) in [7, 11) is -3.25. The van der Waals surface area contributed by atoms with Crippen LogP contribution in [-0.4, -0.2) is 66.3 Å². The first kappa shape index (κ1) is 31.9. The van der Waals surface area contributed by atoms with E-state index in [1.54, 1.807) is 53.3 Å². The minimum absolute atomic E-state index is 0.0624. The van der Waals surface area contributed by atoms with Crippen LogP contribution in [0.25, 0.3) is 28.0 Å². The van der Waals surface area contributed by atoms with Crippen molar-refractivity contribution in [1.82, 2.24) is 24.5 Å². The van der Waals surface area contributed by atoms with Crippen LogP contribution in [-0.2, 0) is 33.5 Å². The minimum Gasteiger partial charge on any atom is -0.598 e. The van der Waals surface area contributed by atoms with Crippen LogP contribution in [0.1, 0.15) is 51.9 Å². The van der Waals surface area contributed by atoms with E-state index in [0.29, 0.717) is 51.5 Å². The Balaban J connectivity index is 1.84. The Bertz CT molecular complexity index is 1650. The van der Waals surface area contributed by atoms with E-state index in [4.69, 9.17) is 9.72 Å². The van der Waals surface area contributed by atoms with E-state index >= 15 is 0 Å². The minimum atomic E-state index is -3.25. The van der Waals surface area contributed by atoms with Gasteiger partial charge in [-0.2, -0.15) is 5.10 Å². The molecule has 0 saturated carbocycles. The van der Waals surface area contributed by atoms with Crippen molar-refractivity contribution in [3.8, 4) is 22.8 Å². The van der Waals surface area contributed by atoms with Gasteiger partial charge in [-0.3, -0.25) is 0 Å². The number of hydrogen-bond acceptors (Lipinski definition) is 10. The number of fused-ring (bicyclic) bond motifs is 1. The van der Waals surface area contributed by atoms with E-state index < -0.39 is 31.7 Å². The van der Waals surface area contributed by atoms with Gasteiger partial charge in [0, 0.05) is 23.2 Å². The third-order valence-electron chi connectivity index (χ3n) is 6.43. The van der Waals surface area contributed by atoms with Gasteiger partial charge in [0.05, 0.1) is 46.5 Å². The van der Waals surface area contributed by atoms with Gasteiger partial charge in [-0.1, -0.05) is 25.5 Å². The molecule has 3 aromatic heterocycles. The Hall–Kier alpha value is -3.07. The predicted molar refractivity (Wildman–Crippen MR) is 163 cm³/mol. The van der Waals surface area contributed by atoms with Gasteiger partial charge in [-0.25, -0.2) is 23.1 Å². The van der Waals surface area contributed by atoms with Crippen LogP contribution in [0.2, 0.25) is 0 Å². The van der Waals surface area contributed by atoms with Crippen LogP contribution >= 0.6 is 0 Å². The van der Waals surface area contributed by atoms with Gasteiger partial charge in [-0.15, -0.1) is 4.72 Å². The van der Waals surface area contributed by atoms with Gasteiger partial charge in [-0.05, 0) is 63.6 Å². The molecule has 226 valence electrons. The fraction of sp³-hybridized carbons (Fsp3) is 0.414. The topological polar surface area (TPSA) is 163 Å². The first-order valence-electron chi connectivity index (χ1n) is 13.5. The van der Waals surface area contributed by atoms with E-state index in [2.05, 4.69) is 14.8 Å². The first-order chi connectivity index (χ1) is 19.7. The van der Waals surface area contributed by atoms with Crippen LogP contribution in [0.15, 0.2) is 54.7 Å². The van der Waals surface area contributed by atoms with Crippen LogP contribution in [0.4, 0.5) is 0 Å². The molecule has 0 aliphatic heterocycles. The molecule has 1 unspecified atom stereocenters. The van der Waals surface area contributed by atoms with Crippen molar-refractivity contribution in [3.05, 3.63) is 66.1 Å². The standard InChI is InChI=1S/C29H37N5O6S2/c1-6-13-29(36,33-41(37)28(2,3)4)26-11-8-10-23(32-26)20-16-24-22(25(17-20)40-14-15-42(5,38)39)18-30-34(24)27-12-7-9-21(19-35)31-27/h7-12,16-18,33,35-36H,6,13-15,19H2,1-5H3/t29?,41-/m1/s1. The number of nitrogens with one attached hydrogen (secondary N) is 1. The molecule has 0 spiro atoms. The van der Waals surface area contributed by atoms with E-state index in [1.165, 1.54) is 0 Å². The molecule has 42 heavy (non-hydrogen) atoms. The highest BCUT2D eigenvalue weighted by Crippen LogP contribution is 2.34. The van der Waals surface area contributed by atoms with Crippen LogP contribution in [0.3, 0.4) is 0 Å². The maximum atomic E-state index is 13.0. The molecular formula is C29H37N5O6S2. The van der Waals surface area contributed by atoms with Crippen molar-refractivity contribution < 1.29 is 27.9 Å². The number of rotatable bonds is 12. The molecule has 13 heteroatoms. The maximum Gasteiger partial charge on any atom is 0.200 e. The molecule has 0 aliphatic carbocycles. The average molecular weight is 616 g/mol. The third-order valence-corrected chi connectivity index (χ3v) is 8.98. The number of aliphatic hydroxyl groups excluding tert-OH is 1. The number of aromatic nitrogens is 4. The Labute approximate surface area is 249 Å². The lowest BCUT2D eigenvalue weighted by atomic mass is 10.0. The Morgan fingerprint density at radius 1 is 1.12 bits per heavy atom. The van der Waals surface area contributed by atoms with E-state index in [9.17, 15) is 23.2 Å². The summed E-state index contributed by atoms with van der Waals surface area (Å²) >= 11 is -1.56. The zero-order chi connectivity index (χ0) is 30.7. The second kappa shape index (κ2) is 12.7. The molecule has 3 heterocycles. The van der Waals surface area contributed by atoms with Crippen molar-refractivity contribution in [1.29, 1.82) is 0 Å². The zero-order valence-corrected chi connectivity index (χ0v) is 26.0. The molecule has 11 nitrogen and oxygen atoms in total. The van der Waals surface area contributed by atoms with E-state index in [0.717, 1.165) is 6.26 Å². The number of nitrogens with zero attached hydrogens (tertiary/aromatic N) is 4. The van der Waals surface area contributed by atoms with Crippen molar-refractivity contribution in [2.45, 2.75) is 57.6 Å². The van der Waals surface area contributed by atoms with Crippen molar-refractivity contribution >= 4 is 32.1 Å². The van der Waals surface area contributed by atoms with Gasteiger partial charge in [0.1, 0.15) is 17.1 Å². The lowest BCUT2D eigenvalue weighted by molar-refractivity contribution is 0.0101. The molecule has 1 aromatic carbocycles. The molecule has 0 fully saturated rings. The average Bonchev–Trinajstić information content (AvgIpc) is 3.36. The number of sulfone groups is 1. The van der Waals surface area contributed by atoms with Crippen LogP contribution < -0.4 is 9.46 Å². The number of benzene rings is 1. The quantitative estimate of drug-likeness (QED) is 0.159. The summed E-state index contributed by atoms with van der Waals surface area (Å²) in [4.78, 5) is 9.24. The highest BCUT2D eigenvalue weighted by Gasteiger charge is 2.39. The maximum absolute atomic E-state index is 13.0. The van der Waals surface area contributed by atoms with Crippen molar-refractivity contribution in [2.75, 3.05) is 18.6 Å². The molecule has 0 saturated heterocycles. The Morgan fingerprint density at radius 2 is 1.86 bits per heavy atom. The van der Waals surface area contributed by atoms with Crippen LogP contribution in [0, 0.1) is 0 Å². The van der Waals surface area contributed by atoms with Gasteiger partial charge in [0.2, 0.25) is 0 Å². The predicted octanol–water partition coefficient (Wildman–Crippen LogP) is 3.40. The molecular weight excluding hydrogens is 578 g/mol. The molecule has 2 atom stereocenters. The highest BCUT2D eigenvalue weighted by atomic mass is 32.2. The fourth-order valence-electron chi connectivity index (χ4n) is 4.25. The number of hydrogen-bond donors (Lipinski definition) is 3. The molecule has 0 aliphatic rings. The molecule has 4 aromatic rings. The summed E-state index contributed by atoms with van der Waals surface area (Å²) in [6.45, 7) is 7.09. The monoisotopic (exact) mass is 615 g/mol. The Kier molecular flexibility index (Phi) is 9.60. The molecule has 0 amide bonds. The number of ether oxygens (including phenoxy) is 1. The summed E-state index contributed by atoms with van der Waals surface area (Å²) in [6.07, 6.45) is 3.65. The van der Waals surface area contributed by atoms with Crippen molar-refractivity contribution in [3.63, 3.8) is 0 Å². The second-order valence-electron chi connectivity index (χ2n) is 11.1. The summed E-state index contributed by atoms with van der Waals surface area (Å²) in [5.41, 5.74) is 0.886. The first-order valence-corrected chi connectivity index (χ1v) is 16.7. The largest absolute Gasteiger partial charge is 0.598 e. The SMILES string of the molecule is CCCC(O)(N[S@+]([O-])C(C)(C)C)c1cccc(-c2cc(OCCS(C)(=O)=O)c3cnn(-c4cccc(CO)n4)c3c2)n1. The second-order valence-corrected chi connectivity index (χ2v) is 15.3. The Morgan fingerprint density at radius 3 is 2.52 bits per heavy atom. The molecule has 0 radical (unpaired) electrons. The van der Waals surface area contributed by atoms with Crippen LogP contribution in [0.5, 0.6) is 5.75 Å². The number of pyridine rings is 2. The number of aliphatic hydroxyl groups is 2. The van der Waals surface area contributed by atoms with Gasteiger partial charge in [0.15, 0.2) is 21.4 Å². The van der Waals surface area contributed by atoms with E-state index in [1.807, 2.05) is 33.8 Å². The molecule has 3 N–H and O–H groups in total. The summed E-state index contributed by atoms with van der Waals surface area (Å²) < 4.78 is 46.3. The summed E-state index contributed by atoms with van der Waals surface area (Å²) in [5.74, 6) is 0.712. The molecule has 0 bridgehead atoms. The summed E-state index contributed by atoms with van der Waals surface area (Å²) in [6, 6.07) is 14.1. The molecule has 4 rings (SSSR count). The smallest absolute Gasteiger partial charge is 0.200 e. The lowest BCUT2D eigenvalue weighted by Crippen LogP contribution is -2.51. The summed E-state index contributed by atoms with van der Waals surface area (Å²) in [5, 5.41) is 26.3. The fourth-order valence-corrected chi connectivity index (χ4v) is 5.45. The third kappa shape index (κ3) is 7.46. The zero-order valence-electron chi connectivity index (χ0n) is 24.4. The normalized spacial score (nSPS) is 14.6.